The number of halogens is 2. The maximum absolute atomic E-state index is 15.1. The highest BCUT2D eigenvalue weighted by molar-refractivity contribution is 6.32. The summed E-state index contributed by atoms with van der Waals surface area (Å²) in [5, 5.41) is 0.216. The zero-order valence-corrected chi connectivity index (χ0v) is 17.3. The molecule has 0 atom stereocenters. The van der Waals surface area contributed by atoms with Gasteiger partial charge in [0.25, 0.3) is 5.56 Å². The molecule has 32 heavy (non-hydrogen) atoms. The van der Waals surface area contributed by atoms with Crippen LogP contribution >= 0.6 is 11.6 Å². The van der Waals surface area contributed by atoms with E-state index < -0.39 is 17.1 Å². The van der Waals surface area contributed by atoms with Crippen LogP contribution < -0.4 is 11.2 Å². The molecule has 1 N–H and O–H groups in total. The van der Waals surface area contributed by atoms with Gasteiger partial charge in [-0.05, 0) is 35.9 Å². The molecule has 4 aromatic rings. The van der Waals surface area contributed by atoms with Crippen molar-refractivity contribution < 1.29 is 9.13 Å². The molecule has 0 aliphatic carbocycles. The zero-order chi connectivity index (χ0) is 22.2. The molecule has 2 aromatic heterocycles. The summed E-state index contributed by atoms with van der Waals surface area (Å²) in [5.74, 6) is 4.89. The van der Waals surface area contributed by atoms with Crippen molar-refractivity contribution in [1.82, 2.24) is 14.5 Å². The van der Waals surface area contributed by atoms with E-state index in [-0.39, 0.29) is 16.6 Å². The van der Waals surface area contributed by atoms with Gasteiger partial charge in [-0.2, -0.15) is 0 Å². The second-order valence-corrected chi connectivity index (χ2v) is 7.76. The number of nitrogens with one attached hydrogen (secondary N) is 1. The second-order valence-electron chi connectivity index (χ2n) is 7.36. The number of aromatic amines is 1. The van der Waals surface area contributed by atoms with Crippen LogP contribution in [0.25, 0.3) is 16.6 Å². The lowest BCUT2D eigenvalue weighted by molar-refractivity contribution is 0.00897. The van der Waals surface area contributed by atoms with Crippen LogP contribution in [0.3, 0.4) is 0 Å². The minimum Gasteiger partial charge on any atom is -0.380 e. The van der Waals surface area contributed by atoms with Crippen molar-refractivity contribution >= 4 is 22.5 Å². The average Bonchev–Trinajstić information content (AvgIpc) is 2.73. The summed E-state index contributed by atoms with van der Waals surface area (Å²) in [7, 11) is 0. The quantitative estimate of drug-likeness (QED) is 0.478. The molecule has 0 unspecified atom stereocenters. The molecule has 1 aliphatic heterocycles. The van der Waals surface area contributed by atoms with Crippen LogP contribution in [0.1, 0.15) is 22.6 Å². The van der Waals surface area contributed by atoms with Crippen molar-refractivity contribution in [2.24, 2.45) is 0 Å². The van der Waals surface area contributed by atoms with Crippen LogP contribution in [0.2, 0.25) is 5.02 Å². The first-order valence-electron chi connectivity index (χ1n) is 9.80. The molecule has 2 aromatic carbocycles. The summed E-state index contributed by atoms with van der Waals surface area (Å²) in [6.45, 7) is 0.966. The van der Waals surface area contributed by atoms with Gasteiger partial charge in [-0.25, -0.2) is 13.8 Å². The van der Waals surface area contributed by atoms with Gasteiger partial charge < -0.3 is 9.72 Å². The van der Waals surface area contributed by atoms with Gasteiger partial charge >= 0.3 is 5.69 Å². The van der Waals surface area contributed by atoms with E-state index in [1.165, 1.54) is 6.07 Å². The molecule has 0 amide bonds. The summed E-state index contributed by atoms with van der Waals surface area (Å²) in [6.07, 6.45) is 3.21. The van der Waals surface area contributed by atoms with Crippen molar-refractivity contribution in [3.05, 3.63) is 103 Å². The lowest BCUT2D eigenvalue weighted by Crippen LogP contribution is -2.36. The van der Waals surface area contributed by atoms with Gasteiger partial charge in [0.1, 0.15) is 11.5 Å². The molecule has 1 fully saturated rings. The number of aromatic nitrogens is 3. The Labute approximate surface area is 186 Å². The smallest absolute Gasteiger partial charge is 0.333 e. The van der Waals surface area contributed by atoms with E-state index in [1.807, 2.05) is 6.07 Å². The monoisotopic (exact) mass is 447 g/mol. The van der Waals surface area contributed by atoms with Crippen molar-refractivity contribution in [3.8, 4) is 17.5 Å². The Morgan fingerprint density at radius 2 is 1.94 bits per heavy atom. The van der Waals surface area contributed by atoms with Gasteiger partial charge in [0, 0.05) is 29.4 Å². The Bertz CT molecular complexity index is 1510. The topological polar surface area (TPSA) is 77.0 Å². The Morgan fingerprint density at radius 1 is 1.12 bits per heavy atom. The van der Waals surface area contributed by atoms with Crippen LogP contribution in [-0.2, 0) is 4.74 Å². The Balaban J connectivity index is 1.67. The molecule has 0 bridgehead atoms. The van der Waals surface area contributed by atoms with E-state index in [0.29, 0.717) is 35.2 Å². The van der Waals surface area contributed by atoms with Gasteiger partial charge in [0.2, 0.25) is 0 Å². The summed E-state index contributed by atoms with van der Waals surface area (Å²) < 4.78 is 21.1. The van der Waals surface area contributed by atoms with Gasteiger partial charge in [-0.3, -0.25) is 9.78 Å². The standard InChI is InChI=1S/C24H15ClFN3O3/c25-18-9-15(7-6-14-3-2-8-27-11-14)10-19(26)22(18)29-23(30)21-17(16-12-32-13-16)4-1-5-20(21)28-24(29)31/h1-5,8-11,16H,12-13H2,(H,28,31). The van der Waals surface area contributed by atoms with E-state index in [2.05, 4.69) is 21.8 Å². The number of hydrogen-bond acceptors (Lipinski definition) is 4. The van der Waals surface area contributed by atoms with E-state index in [0.717, 1.165) is 16.2 Å². The highest BCUT2D eigenvalue weighted by Crippen LogP contribution is 2.29. The van der Waals surface area contributed by atoms with E-state index in [4.69, 9.17) is 16.3 Å². The van der Waals surface area contributed by atoms with Crippen molar-refractivity contribution in [1.29, 1.82) is 0 Å². The first kappa shape index (κ1) is 20.2. The van der Waals surface area contributed by atoms with Crippen LogP contribution in [-0.4, -0.2) is 27.7 Å². The van der Waals surface area contributed by atoms with Gasteiger partial charge in [0.15, 0.2) is 0 Å². The molecule has 8 heteroatoms. The van der Waals surface area contributed by atoms with Crippen molar-refractivity contribution in [2.75, 3.05) is 13.2 Å². The third-order valence-electron chi connectivity index (χ3n) is 5.29. The fourth-order valence-electron chi connectivity index (χ4n) is 3.68. The first-order chi connectivity index (χ1) is 15.5. The number of ether oxygens (including phenoxy) is 1. The molecule has 1 saturated heterocycles. The Kier molecular flexibility index (Phi) is 5.10. The number of nitrogens with zero attached hydrogens (tertiary/aromatic N) is 2. The molecule has 0 radical (unpaired) electrons. The number of fused-ring (bicyclic) bond motifs is 1. The number of benzene rings is 2. The predicted molar refractivity (Wildman–Crippen MR) is 119 cm³/mol. The van der Waals surface area contributed by atoms with Crippen LogP contribution in [0, 0.1) is 17.7 Å². The normalized spacial score (nSPS) is 13.4. The SMILES string of the molecule is O=c1[nH]c2cccc(C3COC3)c2c(=O)n1-c1c(F)cc(C#Cc2cccnc2)cc1Cl. The number of H-pyrrole nitrogens is 1. The predicted octanol–water partition coefficient (Wildman–Crippen LogP) is 3.38. The molecule has 0 spiro atoms. The summed E-state index contributed by atoms with van der Waals surface area (Å²) >= 11 is 6.33. The van der Waals surface area contributed by atoms with Crippen LogP contribution in [0.4, 0.5) is 4.39 Å². The largest absolute Gasteiger partial charge is 0.380 e. The molecule has 6 nitrogen and oxygen atoms in total. The van der Waals surface area contributed by atoms with Gasteiger partial charge in [-0.15, -0.1) is 0 Å². The first-order valence-corrected chi connectivity index (χ1v) is 10.2. The molecule has 0 saturated carbocycles. The molecule has 1 aliphatic rings. The summed E-state index contributed by atoms with van der Waals surface area (Å²) in [5.41, 5.74) is 0.364. The maximum Gasteiger partial charge on any atom is 0.333 e. The lowest BCUT2D eigenvalue weighted by atomic mass is 9.94. The van der Waals surface area contributed by atoms with E-state index in [1.54, 1.807) is 36.7 Å². The van der Waals surface area contributed by atoms with Crippen LogP contribution in [0.15, 0.2) is 64.4 Å². The third kappa shape index (κ3) is 3.50. The Morgan fingerprint density at radius 3 is 2.62 bits per heavy atom. The van der Waals surface area contributed by atoms with Crippen LogP contribution in [0.5, 0.6) is 0 Å². The summed E-state index contributed by atoms with van der Waals surface area (Å²) in [6, 6.07) is 11.3. The highest BCUT2D eigenvalue weighted by atomic mass is 35.5. The fraction of sp³-hybridized carbons (Fsp3) is 0.125. The second kappa shape index (κ2) is 8.08. The third-order valence-corrected chi connectivity index (χ3v) is 5.58. The molecule has 158 valence electrons. The molecule has 5 rings (SSSR count). The van der Waals surface area contributed by atoms with E-state index in [9.17, 15) is 9.59 Å². The average molecular weight is 448 g/mol. The Hall–Kier alpha value is -3.73. The van der Waals surface area contributed by atoms with Crippen molar-refractivity contribution in [2.45, 2.75) is 5.92 Å². The fourth-order valence-corrected chi connectivity index (χ4v) is 3.97. The lowest BCUT2D eigenvalue weighted by Gasteiger charge is -2.27. The molecular weight excluding hydrogens is 433 g/mol. The summed E-state index contributed by atoms with van der Waals surface area (Å²) in [4.78, 5) is 32.7. The maximum atomic E-state index is 15.1. The molecular formula is C24H15ClFN3O3. The van der Waals surface area contributed by atoms with Gasteiger partial charge in [-0.1, -0.05) is 35.6 Å². The minimum absolute atomic E-state index is 0.0381. The van der Waals surface area contributed by atoms with E-state index >= 15 is 4.39 Å². The zero-order valence-electron chi connectivity index (χ0n) is 16.6. The number of rotatable bonds is 2. The highest BCUT2D eigenvalue weighted by Gasteiger charge is 2.25. The van der Waals surface area contributed by atoms with Crippen molar-refractivity contribution in [3.63, 3.8) is 0 Å². The minimum atomic E-state index is -0.829. The number of hydrogen-bond donors (Lipinski definition) is 1. The number of pyridine rings is 1. The molecule has 3 heterocycles. The van der Waals surface area contributed by atoms with Gasteiger partial charge in [0.05, 0.1) is 29.1 Å².